The molecule has 0 unspecified atom stereocenters. The molecule has 6 nitrogen and oxygen atoms in total. The number of benzene rings is 1. The Labute approximate surface area is 177 Å². The van der Waals surface area contributed by atoms with Crippen molar-refractivity contribution >= 4 is 53.1 Å². The van der Waals surface area contributed by atoms with Gasteiger partial charge in [-0.3, -0.25) is 4.79 Å². The molecule has 0 aliphatic carbocycles. The molecule has 0 aromatic heterocycles. The number of hydrogen-bond acceptors (Lipinski definition) is 3. The second-order valence-corrected chi connectivity index (χ2v) is 6.43. The summed E-state index contributed by atoms with van der Waals surface area (Å²) in [4.78, 5) is 22.3. The summed E-state index contributed by atoms with van der Waals surface area (Å²) in [5, 5.41) is 4.01. The minimum absolute atomic E-state index is 0. The summed E-state index contributed by atoms with van der Waals surface area (Å²) in [6.45, 7) is 7.79. The van der Waals surface area contributed by atoms with E-state index < -0.39 is 0 Å². The molecular weight excluding hydrogens is 465 g/mol. The highest BCUT2D eigenvalue weighted by molar-refractivity contribution is 14.0. The number of carbonyl (C=O) groups is 1. The van der Waals surface area contributed by atoms with E-state index in [1.165, 1.54) is 0 Å². The average molecular weight is 492 g/mol. The molecule has 0 spiro atoms. The van der Waals surface area contributed by atoms with Gasteiger partial charge in [-0.1, -0.05) is 29.8 Å². The number of nitrogens with one attached hydrogen (secondary N) is 1. The van der Waals surface area contributed by atoms with E-state index in [1.807, 2.05) is 24.3 Å². The van der Waals surface area contributed by atoms with Crippen LogP contribution in [0.4, 0.5) is 5.69 Å². The number of aliphatic imine (C=N–C) groups is 1. The minimum Gasteiger partial charge on any atom is -0.367 e. The van der Waals surface area contributed by atoms with Gasteiger partial charge in [0.2, 0.25) is 5.91 Å². The van der Waals surface area contributed by atoms with Crippen molar-refractivity contribution in [1.82, 2.24) is 15.1 Å². The maximum absolute atomic E-state index is 11.8. The molecule has 144 valence electrons. The number of hydrogen-bond donors (Lipinski definition) is 1. The fourth-order valence-corrected chi connectivity index (χ4v) is 2.84. The first-order valence-corrected chi connectivity index (χ1v) is 8.74. The first kappa shape index (κ1) is 22.6. The molecule has 1 amide bonds. The summed E-state index contributed by atoms with van der Waals surface area (Å²) in [5.74, 6) is 0.724. The minimum atomic E-state index is -0.0207. The summed E-state index contributed by atoms with van der Waals surface area (Å²) in [5.41, 5.74) is 1.06. The van der Waals surface area contributed by atoms with Gasteiger partial charge in [0.1, 0.15) is 6.54 Å². The first-order chi connectivity index (χ1) is 12.0. The highest BCUT2D eigenvalue weighted by Crippen LogP contribution is 2.25. The zero-order valence-corrected chi connectivity index (χ0v) is 18.4. The van der Waals surface area contributed by atoms with Crippen molar-refractivity contribution in [2.24, 2.45) is 4.99 Å². The molecule has 1 aromatic carbocycles. The third-order valence-corrected chi connectivity index (χ3v) is 4.36. The van der Waals surface area contributed by atoms with Gasteiger partial charge in [0.25, 0.3) is 0 Å². The predicted molar refractivity (Wildman–Crippen MR) is 120 cm³/mol. The van der Waals surface area contributed by atoms with Gasteiger partial charge >= 0.3 is 0 Å². The van der Waals surface area contributed by atoms with Crippen LogP contribution >= 0.6 is 35.6 Å². The average Bonchev–Trinajstić information content (AvgIpc) is 2.62. The Bertz CT molecular complexity index is 630. The molecule has 1 N–H and O–H groups in total. The molecule has 1 fully saturated rings. The summed E-state index contributed by atoms with van der Waals surface area (Å²) < 4.78 is 0. The number of nitrogens with zero attached hydrogens (tertiary/aromatic N) is 4. The number of carbonyl (C=O) groups excluding carboxylic acids is 1. The van der Waals surface area contributed by atoms with Gasteiger partial charge in [-0.05, 0) is 12.1 Å². The van der Waals surface area contributed by atoms with Gasteiger partial charge < -0.3 is 20.0 Å². The first-order valence-electron chi connectivity index (χ1n) is 8.36. The number of anilines is 1. The Morgan fingerprint density at radius 2 is 1.96 bits per heavy atom. The van der Waals surface area contributed by atoms with Crippen LogP contribution in [-0.4, -0.2) is 75.0 Å². The quantitative estimate of drug-likeness (QED) is 0.297. The number of likely N-dealkylation sites (N-methyl/N-ethyl adjacent to an activating group) is 1. The number of halogens is 2. The molecule has 0 saturated carbocycles. The summed E-state index contributed by atoms with van der Waals surface area (Å²) in [6.07, 6.45) is 1.78. The predicted octanol–water partition coefficient (Wildman–Crippen LogP) is 2.30. The van der Waals surface area contributed by atoms with Crippen molar-refractivity contribution in [3.63, 3.8) is 0 Å². The van der Waals surface area contributed by atoms with Crippen LogP contribution < -0.4 is 10.2 Å². The Kier molecular flexibility index (Phi) is 9.79. The maximum Gasteiger partial charge on any atom is 0.243 e. The van der Waals surface area contributed by atoms with E-state index in [9.17, 15) is 4.79 Å². The molecule has 0 bridgehead atoms. The van der Waals surface area contributed by atoms with E-state index >= 15 is 0 Å². The van der Waals surface area contributed by atoms with Crippen molar-refractivity contribution in [2.45, 2.75) is 0 Å². The standard InChI is InChI=1S/C18H26ClN5O.HI/c1-4-9-20-18(21-14-17(25)22(2)3)24-12-10-23(11-13-24)16-8-6-5-7-15(16)19;/h4-8H,1,9-14H2,2-3H3,(H,20,21);1H. The molecule has 8 heteroatoms. The van der Waals surface area contributed by atoms with Crippen molar-refractivity contribution in [2.75, 3.05) is 58.3 Å². The van der Waals surface area contributed by atoms with Gasteiger partial charge in [0, 0.05) is 46.8 Å². The lowest BCUT2D eigenvalue weighted by Gasteiger charge is -2.38. The number of rotatable bonds is 5. The lowest BCUT2D eigenvalue weighted by Crippen LogP contribution is -2.53. The monoisotopic (exact) mass is 491 g/mol. The lowest BCUT2D eigenvalue weighted by atomic mass is 10.2. The van der Waals surface area contributed by atoms with Crippen LogP contribution in [-0.2, 0) is 4.79 Å². The van der Waals surface area contributed by atoms with Gasteiger partial charge in [-0.2, -0.15) is 0 Å². The second kappa shape index (κ2) is 11.3. The van der Waals surface area contributed by atoms with E-state index in [0.717, 1.165) is 42.8 Å². The van der Waals surface area contributed by atoms with Crippen LogP contribution in [0.2, 0.25) is 5.02 Å². The van der Waals surface area contributed by atoms with Gasteiger partial charge in [0.15, 0.2) is 5.96 Å². The van der Waals surface area contributed by atoms with E-state index in [1.54, 1.807) is 25.1 Å². The van der Waals surface area contributed by atoms with Crippen LogP contribution in [0.25, 0.3) is 0 Å². The molecule has 2 rings (SSSR count). The molecule has 1 heterocycles. The number of para-hydroxylation sites is 1. The lowest BCUT2D eigenvalue weighted by molar-refractivity contribution is -0.127. The van der Waals surface area contributed by atoms with Gasteiger partial charge in [-0.15, -0.1) is 30.6 Å². The molecule has 1 aliphatic heterocycles. The van der Waals surface area contributed by atoms with Crippen LogP contribution in [0, 0.1) is 0 Å². The van der Waals surface area contributed by atoms with Crippen LogP contribution in [0.15, 0.2) is 41.9 Å². The summed E-state index contributed by atoms with van der Waals surface area (Å²) in [7, 11) is 3.47. The van der Waals surface area contributed by atoms with Crippen LogP contribution in [0.3, 0.4) is 0 Å². The molecule has 1 saturated heterocycles. The number of amides is 1. The Morgan fingerprint density at radius 1 is 1.31 bits per heavy atom. The Hall–Kier alpha value is -1.48. The molecule has 0 radical (unpaired) electrons. The number of piperazine rings is 1. The highest BCUT2D eigenvalue weighted by Gasteiger charge is 2.21. The van der Waals surface area contributed by atoms with Crippen LogP contribution in [0.5, 0.6) is 0 Å². The van der Waals surface area contributed by atoms with Crippen molar-refractivity contribution in [3.8, 4) is 0 Å². The fourth-order valence-electron chi connectivity index (χ4n) is 2.58. The molecule has 1 aromatic rings. The fraction of sp³-hybridized carbons (Fsp3) is 0.444. The SMILES string of the molecule is C=CCNC(=NCC(=O)N(C)C)N1CCN(c2ccccc2Cl)CC1.I. The van der Waals surface area contributed by atoms with E-state index in [0.29, 0.717) is 6.54 Å². The van der Waals surface area contributed by atoms with Gasteiger partial charge in [0.05, 0.1) is 10.7 Å². The third-order valence-electron chi connectivity index (χ3n) is 4.04. The van der Waals surface area contributed by atoms with Crippen molar-refractivity contribution in [1.29, 1.82) is 0 Å². The zero-order chi connectivity index (χ0) is 18.2. The van der Waals surface area contributed by atoms with E-state index in [4.69, 9.17) is 11.6 Å². The number of guanidine groups is 1. The van der Waals surface area contributed by atoms with Crippen molar-refractivity contribution in [3.05, 3.63) is 41.9 Å². The Morgan fingerprint density at radius 3 is 2.54 bits per heavy atom. The van der Waals surface area contributed by atoms with E-state index in [2.05, 4.69) is 26.7 Å². The summed E-state index contributed by atoms with van der Waals surface area (Å²) in [6, 6.07) is 7.89. The topological polar surface area (TPSA) is 51.2 Å². The van der Waals surface area contributed by atoms with Crippen LogP contribution in [0.1, 0.15) is 0 Å². The molecule has 1 aliphatic rings. The zero-order valence-electron chi connectivity index (χ0n) is 15.3. The summed E-state index contributed by atoms with van der Waals surface area (Å²) >= 11 is 6.29. The largest absolute Gasteiger partial charge is 0.367 e. The normalized spacial score (nSPS) is 14.5. The van der Waals surface area contributed by atoms with Crippen molar-refractivity contribution < 1.29 is 4.79 Å². The van der Waals surface area contributed by atoms with E-state index in [-0.39, 0.29) is 36.4 Å². The smallest absolute Gasteiger partial charge is 0.243 e. The molecule has 0 atom stereocenters. The molecule has 26 heavy (non-hydrogen) atoms. The molecular formula is C18H27ClIN5O. The maximum atomic E-state index is 11.8. The second-order valence-electron chi connectivity index (χ2n) is 6.02. The van der Waals surface area contributed by atoms with Gasteiger partial charge in [-0.25, -0.2) is 4.99 Å². The Balaban J connectivity index is 0.00000338. The highest BCUT2D eigenvalue weighted by atomic mass is 127. The third kappa shape index (κ3) is 6.35.